The second kappa shape index (κ2) is 7.79. The van der Waals surface area contributed by atoms with Gasteiger partial charge in [0.05, 0.1) is 6.10 Å². The summed E-state index contributed by atoms with van der Waals surface area (Å²) in [6.45, 7) is 2.68. The van der Waals surface area contributed by atoms with Gasteiger partial charge < -0.3 is 20.7 Å². The quantitative estimate of drug-likeness (QED) is 0.895. The molecule has 0 aliphatic carbocycles. The fraction of sp³-hybridized carbons (Fsp3) is 0.611. The van der Waals surface area contributed by atoms with Crippen molar-refractivity contribution in [1.82, 2.24) is 0 Å². The van der Waals surface area contributed by atoms with Crippen LogP contribution in [0, 0.1) is 0 Å². The maximum absolute atomic E-state index is 12.3. The van der Waals surface area contributed by atoms with E-state index < -0.39 is 0 Å². The molecule has 5 heteroatoms. The predicted octanol–water partition coefficient (Wildman–Crippen LogP) is 2.51. The average Bonchev–Trinajstić information content (AvgIpc) is 2.89. The first-order valence-corrected chi connectivity index (χ1v) is 8.77. The first-order valence-electron chi connectivity index (χ1n) is 8.77. The molecule has 0 aromatic heterocycles. The maximum atomic E-state index is 12.3. The SMILES string of the molecule is NC[C@H]1CC[C@@H](C(=O)Nc2cccc(N3CCCCCC3)c2)O1. The summed E-state index contributed by atoms with van der Waals surface area (Å²) in [4.78, 5) is 14.7. The van der Waals surface area contributed by atoms with Gasteiger partial charge in [-0.05, 0) is 43.9 Å². The van der Waals surface area contributed by atoms with Crippen molar-refractivity contribution in [1.29, 1.82) is 0 Å². The summed E-state index contributed by atoms with van der Waals surface area (Å²) in [7, 11) is 0. The lowest BCUT2D eigenvalue weighted by Gasteiger charge is -2.23. The molecule has 2 saturated heterocycles. The van der Waals surface area contributed by atoms with Gasteiger partial charge in [0, 0.05) is 31.0 Å². The molecule has 0 unspecified atom stereocenters. The first kappa shape index (κ1) is 16.3. The fourth-order valence-electron chi connectivity index (χ4n) is 3.40. The van der Waals surface area contributed by atoms with Crippen molar-refractivity contribution < 1.29 is 9.53 Å². The lowest BCUT2D eigenvalue weighted by atomic mass is 10.2. The summed E-state index contributed by atoms with van der Waals surface area (Å²) >= 11 is 0. The summed E-state index contributed by atoms with van der Waals surface area (Å²) in [6, 6.07) is 8.14. The van der Waals surface area contributed by atoms with Crippen molar-refractivity contribution in [2.24, 2.45) is 5.73 Å². The minimum atomic E-state index is -0.370. The topological polar surface area (TPSA) is 67.6 Å². The van der Waals surface area contributed by atoms with Crippen LogP contribution < -0.4 is 16.0 Å². The maximum Gasteiger partial charge on any atom is 0.253 e. The van der Waals surface area contributed by atoms with Crippen molar-refractivity contribution in [3.8, 4) is 0 Å². The Morgan fingerprint density at radius 3 is 2.70 bits per heavy atom. The van der Waals surface area contributed by atoms with Gasteiger partial charge in [-0.2, -0.15) is 0 Å². The number of benzene rings is 1. The molecule has 0 radical (unpaired) electrons. The zero-order chi connectivity index (χ0) is 16.1. The van der Waals surface area contributed by atoms with Crippen LogP contribution in [0.15, 0.2) is 24.3 Å². The molecule has 126 valence electrons. The lowest BCUT2D eigenvalue weighted by molar-refractivity contribution is -0.126. The highest BCUT2D eigenvalue weighted by atomic mass is 16.5. The van der Waals surface area contributed by atoms with Crippen LogP contribution in [0.3, 0.4) is 0 Å². The van der Waals surface area contributed by atoms with Crippen molar-refractivity contribution in [3.63, 3.8) is 0 Å². The van der Waals surface area contributed by atoms with E-state index >= 15 is 0 Å². The monoisotopic (exact) mass is 317 g/mol. The molecule has 5 nitrogen and oxygen atoms in total. The van der Waals surface area contributed by atoms with Crippen molar-refractivity contribution in [2.75, 3.05) is 29.9 Å². The van der Waals surface area contributed by atoms with E-state index in [9.17, 15) is 4.79 Å². The van der Waals surface area contributed by atoms with Gasteiger partial charge in [0.15, 0.2) is 0 Å². The molecular weight excluding hydrogens is 290 g/mol. The number of rotatable bonds is 4. The van der Waals surface area contributed by atoms with Crippen molar-refractivity contribution >= 4 is 17.3 Å². The number of nitrogens with one attached hydrogen (secondary N) is 1. The van der Waals surface area contributed by atoms with Crippen LogP contribution in [0.5, 0.6) is 0 Å². The van der Waals surface area contributed by atoms with E-state index in [4.69, 9.17) is 10.5 Å². The Labute approximate surface area is 138 Å². The number of hydrogen-bond donors (Lipinski definition) is 2. The Hall–Kier alpha value is -1.59. The molecule has 23 heavy (non-hydrogen) atoms. The van der Waals surface area contributed by atoms with Gasteiger partial charge in [0.1, 0.15) is 6.10 Å². The Bertz CT molecular complexity index is 527. The van der Waals surface area contributed by atoms with E-state index in [1.54, 1.807) is 0 Å². The largest absolute Gasteiger partial charge is 0.371 e. The van der Waals surface area contributed by atoms with Gasteiger partial charge in [0.2, 0.25) is 0 Å². The van der Waals surface area contributed by atoms with Crippen LogP contribution in [0.4, 0.5) is 11.4 Å². The van der Waals surface area contributed by atoms with E-state index in [1.165, 1.54) is 31.4 Å². The number of hydrogen-bond acceptors (Lipinski definition) is 4. The predicted molar refractivity (Wildman–Crippen MR) is 92.7 cm³/mol. The molecular formula is C18H27N3O2. The summed E-state index contributed by atoms with van der Waals surface area (Å²) in [5, 5.41) is 2.99. The highest BCUT2D eigenvalue weighted by Crippen LogP contribution is 2.24. The third-order valence-corrected chi connectivity index (χ3v) is 4.75. The van der Waals surface area contributed by atoms with Gasteiger partial charge in [-0.3, -0.25) is 4.79 Å². The number of ether oxygens (including phenoxy) is 1. The van der Waals surface area contributed by atoms with Gasteiger partial charge in [-0.25, -0.2) is 0 Å². The van der Waals surface area contributed by atoms with E-state index in [2.05, 4.69) is 22.3 Å². The molecule has 3 N–H and O–H groups in total. The average molecular weight is 317 g/mol. The second-order valence-electron chi connectivity index (χ2n) is 6.50. The molecule has 1 aromatic rings. The zero-order valence-corrected chi connectivity index (χ0v) is 13.7. The normalized spacial score (nSPS) is 25.2. The third kappa shape index (κ3) is 4.24. The molecule has 3 rings (SSSR count). The molecule has 1 aromatic carbocycles. The molecule has 2 fully saturated rings. The highest BCUT2D eigenvalue weighted by Gasteiger charge is 2.29. The molecule has 0 bridgehead atoms. The number of nitrogens with two attached hydrogens (primary N) is 1. The number of carbonyl (C=O) groups excluding carboxylic acids is 1. The minimum Gasteiger partial charge on any atom is -0.371 e. The Kier molecular flexibility index (Phi) is 5.51. The highest BCUT2D eigenvalue weighted by molar-refractivity contribution is 5.94. The van der Waals surface area contributed by atoms with E-state index in [-0.39, 0.29) is 18.1 Å². The number of amides is 1. The summed E-state index contributed by atoms with van der Waals surface area (Å²) in [5.74, 6) is -0.0611. The molecule has 2 aliphatic heterocycles. The summed E-state index contributed by atoms with van der Waals surface area (Å²) < 4.78 is 5.66. The van der Waals surface area contributed by atoms with E-state index in [0.717, 1.165) is 31.6 Å². The van der Waals surface area contributed by atoms with Crippen LogP contribution in [0.25, 0.3) is 0 Å². The van der Waals surface area contributed by atoms with Gasteiger partial charge in [-0.1, -0.05) is 18.9 Å². The van der Waals surface area contributed by atoms with Crippen LogP contribution >= 0.6 is 0 Å². The van der Waals surface area contributed by atoms with Crippen LogP contribution in [0.2, 0.25) is 0 Å². The smallest absolute Gasteiger partial charge is 0.253 e. The zero-order valence-electron chi connectivity index (χ0n) is 13.7. The minimum absolute atomic E-state index is 0.0224. The van der Waals surface area contributed by atoms with Crippen molar-refractivity contribution in [3.05, 3.63) is 24.3 Å². The molecule has 1 amide bonds. The Morgan fingerprint density at radius 1 is 1.22 bits per heavy atom. The molecule has 2 heterocycles. The van der Waals surface area contributed by atoms with Gasteiger partial charge in [0.25, 0.3) is 5.91 Å². The summed E-state index contributed by atoms with van der Waals surface area (Å²) in [6.07, 6.45) is 6.38. The molecule has 2 aliphatic rings. The third-order valence-electron chi connectivity index (χ3n) is 4.75. The Balaban J connectivity index is 1.62. The number of carbonyl (C=O) groups is 1. The summed E-state index contributed by atoms with van der Waals surface area (Å²) in [5.41, 5.74) is 7.64. The Morgan fingerprint density at radius 2 is 2.00 bits per heavy atom. The number of anilines is 2. The lowest BCUT2D eigenvalue weighted by Crippen LogP contribution is -2.30. The standard InChI is InChI=1S/C18H27N3O2/c19-13-16-8-9-17(23-16)18(22)20-14-6-5-7-15(12-14)21-10-3-1-2-4-11-21/h5-7,12,16-17H,1-4,8-11,13,19H2,(H,20,22)/t16-,17+/m1/s1. The number of nitrogens with zero attached hydrogens (tertiary/aromatic N) is 1. The van der Waals surface area contributed by atoms with Crippen LogP contribution in [-0.2, 0) is 9.53 Å². The molecule has 2 atom stereocenters. The second-order valence-corrected chi connectivity index (χ2v) is 6.50. The van der Waals surface area contributed by atoms with Crippen LogP contribution in [-0.4, -0.2) is 37.7 Å². The van der Waals surface area contributed by atoms with E-state index in [0.29, 0.717) is 6.54 Å². The molecule has 0 spiro atoms. The molecule has 0 saturated carbocycles. The van der Waals surface area contributed by atoms with Gasteiger partial charge in [-0.15, -0.1) is 0 Å². The first-order chi connectivity index (χ1) is 11.3. The van der Waals surface area contributed by atoms with Crippen LogP contribution in [0.1, 0.15) is 38.5 Å². The van der Waals surface area contributed by atoms with Crippen molar-refractivity contribution in [2.45, 2.75) is 50.7 Å². The van der Waals surface area contributed by atoms with E-state index in [1.807, 2.05) is 12.1 Å². The fourth-order valence-corrected chi connectivity index (χ4v) is 3.40. The van der Waals surface area contributed by atoms with Gasteiger partial charge >= 0.3 is 0 Å².